The molecule has 0 aliphatic heterocycles. The van der Waals surface area contributed by atoms with Crippen molar-refractivity contribution in [3.63, 3.8) is 0 Å². The summed E-state index contributed by atoms with van der Waals surface area (Å²) in [5.41, 5.74) is 2.87. The highest BCUT2D eigenvalue weighted by molar-refractivity contribution is 5.95. The molecule has 1 N–H and O–H groups in total. The number of alkyl halides is 3. The minimum atomic E-state index is -4.39. The molecule has 4 aromatic rings. The maximum absolute atomic E-state index is 13.0. The second-order valence-electron chi connectivity index (χ2n) is 7.19. The van der Waals surface area contributed by atoms with Crippen LogP contribution in [0.3, 0.4) is 0 Å². The first kappa shape index (κ1) is 19.9. The molecular weight excluding hydrogens is 387 g/mol. The van der Waals surface area contributed by atoms with Gasteiger partial charge in [0.15, 0.2) is 0 Å². The van der Waals surface area contributed by atoms with Crippen LogP contribution in [0.25, 0.3) is 10.8 Å². The molecule has 0 aliphatic carbocycles. The molecule has 0 unspecified atom stereocenters. The van der Waals surface area contributed by atoms with E-state index in [0.29, 0.717) is 11.5 Å². The van der Waals surface area contributed by atoms with Gasteiger partial charge in [0.1, 0.15) is 5.82 Å². The van der Waals surface area contributed by atoms with Crippen molar-refractivity contribution in [2.45, 2.75) is 25.9 Å². The Hall–Kier alpha value is -3.41. The number of rotatable bonds is 5. The molecule has 6 heteroatoms. The molecule has 0 amide bonds. The zero-order chi connectivity index (χ0) is 21.1. The third-order valence-corrected chi connectivity index (χ3v) is 4.99. The van der Waals surface area contributed by atoms with Gasteiger partial charge in [-0.3, -0.25) is 4.98 Å². The number of fused-ring (bicyclic) bond motifs is 1. The predicted octanol–water partition coefficient (Wildman–Crippen LogP) is 6.49. The van der Waals surface area contributed by atoms with Gasteiger partial charge in [-0.15, -0.1) is 0 Å². The van der Waals surface area contributed by atoms with Crippen molar-refractivity contribution < 1.29 is 13.2 Å². The van der Waals surface area contributed by atoms with Gasteiger partial charge in [-0.05, 0) is 60.5 Å². The quantitative estimate of drug-likeness (QED) is 0.411. The number of nitrogens with zero attached hydrogens (tertiary/aromatic N) is 2. The Kier molecular flexibility index (Phi) is 5.40. The van der Waals surface area contributed by atoms with Gasteiger partial charge in [-0.25, -0.2) is 4.98 Å². The molecule has 0 aliphatic rings. The summed E-state index contributed by atoms with van der Waals surface area (Å²) in [5, 5.41) is 4.95. The van der Waals surface area contributed by atoms with E-state index in [1.807, 2.05) is 43.5 Å². The lowest BCUT2D eigenvalue weighted by atomic mass is 10.0. The minimum absolute atomic E-state index is 0.348. The van der Waals surface area contributed by atoms with Gasteiger partial charge in [0.25, 0.3) is 0 Å². The summed E-state index contributed by atoms with van der Waals surface area (Å²) in [5.74, 6) is 0.533. The van der Waals surface area contributed by atoms with E-state index in [1.165, 1.54) is 6.07 Å². The smallest absolute Gasteiger partial charge is 0.340 e. The molecule has 0 fully saturated rings. The summed E-state index contributed by atoms with van der Waals surface area (Å²) < 4.78 is 39.0. The number of aromatic nitrogens is 2. The van der Waals surface area contributed by atoms with Crippen molar-refractivity contribution in [2.24, 2.45) is 0 Å². The Labute approximate surface area is 172 Å². The molecule has 152 valence electrons. The molecule has 2 aromatic heterocycles. The Balaban J connectivity index is 1.62. The van der Waals surface area contributed by atoms with E-state index in [4.69, 9.17) is 0 Å². The average molecular weight is 407 g/mol. The van der Waals surface area contributed by atoms with Crippen molar-refractivity contribution in [3.05, 3.63) is 95.4 Å². The number of hydrogen-bond donors (Lipinski definition) is 1. The molecule has 0 bridgehead atoms. The molecule has 0 saturated carbocycles. The van der Waals surface area contributed by atoms with Gasteiger partial charge in [0.05, 0.1) is 5.56 Å². The second kappa shape index (κ2) is 8.14. The standard InChI is InChI=1S/C24H20F3N3/c1-16-9-10-17(14-28-16)11-12-18-15-29-23(22-8-3-2-7-21(18)22)30-20-6-4-5-19(13-20)24(25,26)27/h2-10,13-15H,11-12H2,1H3,(H,29,30). The first-order valence-corrected chi connectivity index (χ1v) is 9.62. The van der Waals surface area contributed by atoms with E-state index < -0.39 is 11.7 Å². The monoisotopic (exact) mass is 407 g/mol. The first-order valence-electron chi connectivity index (χ1n) is 9.62. The van der Waals surface area contributed by atoms with Gasteiger partial charge < -0.3 is 5.32 Å². The Morgan fingerprint density at radius 3 is 2.37 bits per heavy atom. The van der Waals surface area contributed by atoms with Crippen molar-refractivity contribution in [1.82, 2.24) is 9.97 Å². The van der Waals surface area contributed by atoms with E-state index in [1.54, 1.807) is 12.3 Å². The van der Waals surface area contributed by atoms with Crippen LogP contribution in [0.15, 0.2) is 73.1 Å². The fraction of sp³-hybridized carbons (Fsp3) is 0.167. The van der Waals surface area contributed by atoms with Crippen LogP contribution < -0.4 is 5.32 Å². The van der Waals surface area contributed by atoms with Crippen LogP contribution in [0.2, 0.25) is 0 Å². The lowest BCUT2D eigenvalue weighted by molar-refractivity contribution is -0.137. The van der Waals surface area contributed by atoms with E-state index >= 15 is 0 Å². The van der Waals surface area contributed by atoms with Crippen molar-refractivity contribution in [2.75, 3.05) is 5.32 Å². The number of benzene rings is 2. The molecule has 0 atom stereocenters. The SMILES string of the molecule is Cc1ccc(CCc2cnc(Nc3cccc(C(F)(F)F)c3)c3ccccc23)cn1. The van der Waals surface area contributed by atoms with Gasteiger partial charge in [0.2, 0.25) is 0 Å². The van der Waals surface area contributed by atoms with E-state index in [-0.39, 0.29) is 0 Å². The number of pyridine rings is 2. The van der Waals surface area contributed by atoms with Crippen LogP contribution in [-0.4, -0.2) is 9.97 Å². The fourth-order valence-corrected chi connectivity index (χ4v) is 3.39. The van der Waals surface area contributed by atoms with Crippen LogP contribution in [0, 0.1) is 6.92 Å². The normalized spacial score (nSPS) is 11.6. The topological polar surface area (TPSA) is 37.8 Å². The number of halogens is 3. The maximum atomic E-state index is 13.0. The molecule has 30 heavy (non-hydrogen) atoms. The highest BCUT2D eigenvalue weighted by Crippen LogP contribution is 2.32. The molecule has 0 saturated heterocycles. The largest absolute Gasteiger partial charge is 0.416 e. The van der Waals surface area contributed by atoms with Gasteiger partial charge in [0, 0.05) is 29.2 Å². The van der Waals surface area contributed by atoms with E-state index in [0.717, 1.165) is 52.6 Å². The number of aryl methyl sites for hydroxylation is 3. The van der Waals surface area contributed by atoms with Gasteiger partial charge >= 0.3 is 6.18 Å². The van der Waals surface area contributed by atoms with Crippen LogP contribution >= 0.6 is 0 Å². The van der Waals surface area contributed by atoms with Crippen LogP contribution in [0.5, 0.6) is 0 Å². The third kappa shape index (κ3) is 4.43. The van der Waals surface area contributed by atoms with Crippen molar-refractivity contribution in [3.8, 4) is 0 Å². The molecule has 3 nitrogen and oxygen atoms in total. The number of nitrogens with one attached hydrogen (secondary N) is 1. The van der Waals surface area contributed by atoms with Crippen LogP contribution in [0.1, 0.15) is 22.4 Å². The van der Waals surface area contributed by atoms with Crippen LogP contribution in [-0.2, 0) is 19.0 Å². The molecule has 0 radical (unpaired) electrons. The lowest BCUT2D eigenvalue weighted by Gasteiger charge is -2.14. The van der Waals surface area contributed by atoms with E-state index in [2.05, 4.69) is 21.4 Å². The minimum Gasteiger partial charge on any atom is -0.340 e. The Bertz CT molecular complexity index is 1170. The first-order chi connectivity index (χ1) is 14.4. The number of anilines is 2. The third-order valence-electron chi connectivity index (χ3n) is 4.99. The summed E-state index contributed by atoms with van der Waals surface area (Å²) in [7, 11) is 0. The lowest BCUT2D eigenvalue weighted by Crippen LogP contribution is -2.05. The molecule has 4 rings (SSSR count). The fourth-order valence-electron chi connectivity index (χ4n) is 3.39. The highest BCUT2D eigenvalue weighted by Gasteiger charge is 2.30. The zero-order valence-corrected chi connectivity index (χ0v) is 16.4. The zero-order valence-electron chi connectivity index (χ0n) is 16.4. The summed E-state index contributed by atoms with van der Waals surface area (Å²) in [4.78, 5) is 8.85. The Morgan fingerprint density at radius 1 is 0.833 bits per heavy atom. The van der Waals surface area contributed by atoms with E-state index in [9.17, 15) is 13.2 Å². The molecular formula is C24H20F3N3. The number of hydrogen-bond acceptors (Lipinski definition) is 3. The summed E-state index contributed by atoms with van der Waals surface area (Å²) >= 11 is 0. The Morgan fingerprint density at radius 2 is 1.63 bits per heavy atom. The van der Waals surface area contributed by atoms with Crippen molar-refractivity contribution >= 4 is 22.3 Å². The average Bonchev–Trinajstić information content (AvgIpc) is 2.74. The molecule has 2 aromatic carbocycles. The van der Waals surface area contributed by atoms with Gasteiger partial charge in [-0.1, -0.05) is 36.4 Å². The second-order valence-corrected chi connectivity index (χ2v) is 7.19. The van der Waals surface area contributed by atoms with Crippen LogP contribution in [0.4, 0.5) is 24.7 Å². The summed E-state index contributed by atoms with van der Waals surface area (Å²) in [6.07, 6.45) is 0.914. The van der Waals surface area contributed by atoms with Crippen molar-refractivity contribution in [1.29, 1.82) is 0 Å². The maximum Gasteiger partial charge on any atom is 0.416 e. The highest BCUT2D eigenvalue weighted by atomic mass is 19.4. The van der Waals surface area contributed by atoms with Gasteiger partial charge in [-0.2, -0.15) is 13.2 Å². The summed E-state index contributed by atoms with van der Waals surface area (Å²) in [6.45, 7) is 1.96. The molecule has 2 heterocycles. The predicted molar refractivity (Wildman–Crippen MR) is 113 cm³/mol. The molecule has 0 spiro atoms. The summed E-state index contributed by atoms with van der Waals surface area (Å²) in [6, 6.07) is 17.0.